The van der Waals surface area contributed by atoms with E-state index in [2.05, 4.69) is 20.4 Å². The highest BCUT2D eigenvalue weighted by atomic mass is 35.5. The summed E-state index contributed by atoms with van der Waals surface area (Å²) in [5.41, 5.74) is 0.552. The van der Waals surface area contributed by atoms with Gasteiger partial charge in [-0.3, -0.25) is 0 Å². The highest BCUT2D eigenvalue weighted by Crippen LogP contribution is 2.22. The zero-order chi connectivity index (χ0) is 13.3. The van der Waals surface area contributed by atoms with Crippen molar-refractivity contribution in [2.45, 2.75) is 26.4 Å². The number of ether oxygens (including phenoxy) is 1. The third-order valence-electron chi connectivity index (χ3n) is 2.84. The molecule has 0 bridgehead atoms. The smallest absolute Gasteiger partial charge is 0.255 e. The molecule has 0 aliphatic heterocycles. The molecule has 0 aliphatic carbocycles. The average Bonchev–Trinajstić information content (AvgIpc) is 2.77. The van der Waals surface area contributed by atoms with Crippen molar-refractivity contribution in [2.75, 3.05) is 19.0 Å². The molecule has 0 unspecified atom stereocenters. The summed E-state index contributed by atoms with van der Waals surface area (Å²) < 4.78 is 7.00. The number of aromatic nitrogens is 4. The summed E-state index contributed by atoms with van der Waals surface area (Å²) in [6, 6.07) is 0. The molecular formula is C11H16ClN5O. The van der Waals surface area contributed by atoms with Crippen LogP contribution in [0.2, 0.25) is 5.15 Å². The Kier molecular flexibility index (Phi) is 3.41. The number of nitrogens with one attached hydrogen (secondary N) is 1. The second kappa shape index (κ2) is 4.70. The molecule has 1 N–H and O–H groups in total. The van der Waals surface area contributed by atoms with E-state index < -0.39 is 0 Å². The topological polar surface area (TPSA) is 64.3 Å². The van der Waals surface area contributed by atoms with Crippen molar-refractivity contribution >= 4 is 23.2 Å². The minimum Gasteiger partial charge on any atom is -0.377 e. The fraction of sp³-hybridized carbons (Fsp3) is 0.545. The quantitative estimate of drug-likeness (QED) is 0.859. The third-order valence-corrected chi connectivity index (χ3v) is 3.21. The maximum atomic E-state index is 6.07. The van der Waals surface area contributed by atoms with E-state index >= 15 is 0 Å². The van der Waals surface area contributed by atoms with Crippen molar-refractivity contribution < 1.29 is 4.74 Å². The Hall–Kier alpha value is -1.40. The Morgan fingerprint density at radius 2 is 2.22 bits per heavy atom. The first-order chi connectivity index (χ1) is 8.44. The molecule has 7 heteroatoms. The molecule has 0 amide bonds. The SMILES string of the molecule is COC(C)(C)CNc1c(C)c(Cl)nc2ncnn12. The van der Waals surface area contributed by atoms with Gasteiger partial charge in [-0.15, -0.1) is 0 Å². The van der Waals surface area contributed by atoms with Gasteiger partial charge in [-0.1, -0.05) is 11.6 Å². The van der Waals surface area contributed by atoms with Crippen LogP contribution in [0.15, 0.2) is 6.33 Å². The van der Waals surface area contributed by atoms with Gasteiger partial charge in [0.15, 0.2) is 0 Å². The number of fused-ring (bicyclic) bond motifs is 1. The Labute approximate surface area is 110 Å². The molecule has 0 aliphatic rings. The minimum absolute atomic E-state index is 0.283. The van der Waals surface area contributed by atoms with Gasteiger partial charge in [-0.25, -0.2) is 0 Å². The van der Waals surface area contributed by atoms with Gasteiger partial charge in [0.25, 0.3) is 5.78 Å². The normalized spacial score (nSPS) is 12.1. The van der Waals surface area contributed by atoms with E-state index in [0.29, 0.717) is 17.5 Å². The van der Waals surface area contributed by atoms with Crippen LogP contribution >= 0.6 is 11.6 Å². The van der Waals surface area contributed by atoms with Crippen molar-refractivity contribution in [3.63, 3.8) is 0 Å². The lowest BCUT2D eigenvalue weighted by molar-refractivity contribution is 0.0343. The molecule has 0 spiro atoms. The van der Waals surface area contributed by atoms with Gasteiger partial charge in [0.1, 0.15) is 17.3 Å². The number of hydrogen-bond donors (Lipinski definition) is 1. The molecule has 0 saturated heterocycles. The van der Waals surface area contributed by atoms with Crippen molar-refractivity contribution in [2.24, 2.45) is 0 Å². The van der Waals surface area contributed by atoms with Gasteiger partial charge < -0.3 is 10.1 Å². The van der Waals surface area contributed by atoms with Crippen LogP contribution in [0.1, 0.15) is 19.4 Å². The van der Waals surface area contributed by atoms with Gasteiger partial charge in [0, 0.05) is 19.2 Å². The van der Waals surface area contributed by atoms with E-state index in [1.54, 1.807) is 11.6 Å². The molecule has 0 radical (unpaired) electrons. The van der Waals surface area contributed by atoms with E-state index in [0.717, 1.165) is 11.4 Å². The van der Waals surface area contributed by atoms with Crippen LogP contribution < -0.4 is 5.32 Å². The van der Waals surface area contributed by atoms with E-state index in [1.165, 1.54) is 6.33 Å². The van der Waals surface area contributed by atoms with Gasteiger partial charge in [0.05, 0.1) is 5.60 Å². The summed E-state index contributed by atoms with van der Waals surface area (Å²) in [6.45, 7) is 6.51. The minimum atomic E-state index is -0.283. The molecular weight excluding hydrogens is 254 g/mol. The summed E-state index contributed by atoms with van der Waals surface area (Å²) >= 11 is 6.07. The third kappa shape index (κ3) is 2.39. The van der Waals surface area contributed by atoms with E-state index in [-0.39, 0.29) is 5.60 Å². The zero-order valence-corrected chi connectivity index (χ0v) is 11.6. The van der Waals surface area contributed by atoms with Gasteiger partial charge in [-0.2, -0.15) is 19.6 Å². The Bertz CT molecular complexity index is 566. The molecule has 2 rings (SSSR count). The number of hydrogen-bond acceptors (Lipinski definition) is 5. The predicted molar refractivity (Wildman–Crippen MR) is 70.1 cm³/mol. The average molecular weight is 270 g/mol. The van der Waals surface area contributed by atoms with Crippen molar-refractivity contribution in [3.8, 4) is 0 Å². The molecule has 18 heavy (non-hydrogen) atoms. The van der Waals surface area contributed by atoms with Crippen LogP contribution in [0.5, 0.6) is 0 Å². The van der Waals surface area contributed by atoms with Crippen LogP contribution in [0.25, 0.3) is 5.78 Å². The number of rotatable bonds is 4. The zero-order valence-electron chi connectivity index (χ0n) is 10.9. The highest BCUT2D eigenvalue weighted by molar-refractivity contribution is 6.30. The van der Waals surface area contributed by atoms with E-state index in [4.69, 9.17) is 16.3 Å². The summed E-state index contributed by atoms with van der Waals surface area (Å²) in [5, 5.41) is 7.84. The van der Waals surface area contributed by atoms with Crippen LogP contribution in [-0.2, 0) is 4.74 Å². The molecule has 0 saturated carbocycles. The van der Waals surface area contributed by atoms with Crippen molar-refractivity contribution in [3.05, 3.63) is 17.0 Å². The standard InChI is InChI=1S/C11H16ClN5O/c1-7-8(12)16-10-14-6-15-17(10)9(7)13-5-11(2,3)18-4/h6,13H,5H2,1-4H3. The second-order valence-electron chi connectivity index (χ2n) is 4.67. The molecule has 2 aromatic heterocycles. The van der Waals surface area contributed by atoms with E-state index in [1.807, 2.05) is 20.8 Å². The Morgan fingerprint density at radius 3 is 2.89 bits per heavy atom. The van der Waals surface area contributed by atoms with Gasteiger partial charge in [0.2, 0.25) is 0 Å². The van der Waals surface area contributed by atoms with Crippen LogP contribution in [0.3, 0.4) is 0 Å². The fourth-order valence-corrected chi connectivity index (χ4v) is 1.64. The molecule has 2 heterocycles. The number of anilines is 1. The van der Waals surface area contributed by atoms with Crippen LogP contribution in [0, 0.1) is 6.92 Å². The first-order valence-electron chi connectivity index (χ1n) is 5.59. The second-order valence-corrected chi connectivity index (χ2v) is 5.02. The van der Waals surface area contributed by atoms with Crippen molar-refractivity contribution in [1.29, 1.82) is 0 Å². The number of halogens is 1. The molecule has 0 aromatic carbocycles. The summed E-state index contributed by atoms with van der Waals surface area (Å²) in [7, 11) is 1.68. The molecule has 98 valence electrons. The van der Waals surface area contributed by atoms with Crippen LogP contribution in [0.4, 0.5) is 5.82 Å². The van der Waals surface area contributed by atoms with Gasteiger partial charge >= 0.3 is 0 Å². The summed E-state index contributed by atoms with van der Waals surface area (Å²) in [4.78, 5) is 8.17. The number of nitrogens with zero attached hydrogens (tertiary/aromatic N) is 4. The Balaban J connectivity index is 2.37. The summed E-state index contributed by atoms with van der Waals surface area (Å²) in [6.07, 6.45) is 1.45. The lowest BCUT2D eigenvalue weighted by Gasteiger charge is -2.24. The maximum absolute atomic E-state index is 6.07. The molecule has 0 atom stereocenters. The molecule has 2 aromatic rings. The molecule has 6 nitrogen and oxygen atoms in total. The fourth-order valence-electron chi connectivity index (χ4n) is 1.47. The monoisotopic (exact) mass is 269 g/mol. The van der Waals surface area contributed by atoms with Crippen molar-refractivity contribution in [1.82, 2.24) is 19.6 Å². The van der Waals surface area contributed by atoms with Gasteiger partial charge in [-0.05, 0) is 20.8 Å². The largest absolute Gasteiger partial charge is 0.377 e. The van der Waals surface area contributed by atoms with E-state index in [9.17, 15) is 0 Å². The first-order valence-corrected chi connectivity index (χ1v) is 5.97. The number of methoxy groups -OCH3 is 1. The molecule has 0 fully saturated rings. The summed E-state index contributed by atoms with van der Waals surface area (Å²) in [5.74, 6) is 1.26. The maximum Gasteiger partial charge on any atom is 0.255 e. The lowest BCUT2D eigenvalue weighted by Crippen LogP contribution is -2.32. The first kappa shape index (κ1) is 13.0. The lowest BCUT2D eigenvalue weighted by atomic mass is 10.1. The Morgan fingerprint density at radius 1 is 1.50 bits per heavy atom. The highest BCUT2D eigenvalue weighted by Gasteiger charge is 2.18. The predicted octanol–water partition coefficient (Wildman–Crippen LogP) is 1.92. The van der Waals surface area contributed by atoms with Crippen LogP contribution in [-0.4, -0.2) is 38.8 Å².